The second-order valence-electron chi connectivity index (χ2n) is 2.87. The summed E-state index contributed by atoms with van der Waals surface area (Å²) in [7, 11) is 0. The van der Waals surface area contributed by atoms with Crippen LogP contribution in [0.25, 0.3) is 0 Å². The van der Waals surface area contributed by atoms with Gasteiger partial charge in [-0.15, -0.1) is 0 Å². The number of thiocarbonyl (C=S) groups is 1. The summed E-state index contributed by atoms with van der Waals surface area (Å²) in [4.78, 5) is 10.7. The van der Waals surface area contributed by atoms with Gasteiger partial charge in [0.25, 0.3) is 0 Å². The average Bonchev–Trinajstić information content (AvgIpc) is 2.08. The minimum Gasteiger partial charge on any atom is -0.399 e. The third kappa shape index (κ3) is 3.85. The Morgan fingerprint density at radius 3 is 2.73 bits per heavy atom. The number of nitrogen functional groups attached to an aromatic ring is 1. The molecule has 0 heterocycles. The Morgan fingerprint density at radius 1 is 1.53 bits per heavy atom. The lowest BCUT2D eigenvalue weighted by Crippen LogP contribution is -2.32. The Balaban J connectivity index is 2.72. The van der Waals surface area contributed by atoms with Crippen molar-refractivity contribution in [3.05, 3.63) is 22.7 Å². The van der Waals surface area contributed by atoms with Crippen molar-refractivity contribution in [2.24, 2.45) is 0 Å². The third-order valence-corrected chi connectivity index (χ3v) is 2.39. The van der Waals surface area contributed by atoms with Crippen LogP contribution >= 0.6 is 28.1 Å². The Hall–Kier alpha value is -1.14. The van der Waals surface area contributed by atoms with Crippen molar-refractivity contribution >= 4 is 50.5 Å². The lowest BCUT2D eigenvalue weighted by atomic mass is 10.3. The molecular formula is C9H10BrN3OS. The van der Waals surface area contributed by atoms with E-state index >= 15 is 0 Å². The van der Waals surface area contributed by atoms with Crippen molar-refractivity contribution in [1.82, 2.24) is 5.32 Å². The predicted molar refractivity (Wildman–Crippen MR) is 68.6 cm³/mol. The van der Waals surface area contributed by atoms with E-state index in [4.69, 9.17) is 18.0 Å². The second kappa shape index (κ2) is 5.09. The van der Waals surface area contributed by atoms with Gasteiger partial charge in [-0.1, -0.05) is 0 Å². The first-order chi connectivity index (χ1) is 6.99. The van der Waals surface area contributed by atoms with Crippen LogP contribution < -0.4 is 16.4 Å². The number of amides is 1. The summed E-state index contributed by atoms with van der Waals surface area (Å²) in [5.74, 6) is -0.209. The largest absolute Gasteiger partial charge is 0.399 e. The zero-order valence-electron chi connectivity index (χ0n) is 8.00. The summed E-state index contributed by atoms with van der Waals surface area (Å²) in [5.41, 5.74) is 6.98. The highest BCUT2D eigenvalue weighted by Gasteiger charge is 2.03. The molecule has 1 amide bonds. The van der Waals surface area contributed by atoms with Crippen molar-refractivity contribution in [2.45, 2.75) is 6.92 Å². The van der Waals surface area contributed by atoms with Crippen molar-refractivity contribution in [3.63, 3.8) is 0 Å². The molecule has 4 N–H and O–H groups in total. The van der Waals surface area contributed by atoms with E-state index in [2.05, 4.69) is 26.6 Å². The van der Waals surface area contributed by atoms with Crippen molar-refractivity contribution in [3.8, 4) is 0 Å². The summed E-state index contributed by atoms with van der Waals surface area (Å²) < 4.78 is 0.787. The van der Waals surface area contributed by atoms with E-state index in [0.29, 0.717) is 5.69 Å². The molecular weight excluding hydrogens is 278 g/mol. The zero-order valence-corrected chi connectivity index (χ0v) is 10.4. The first kappa shape index (κ1) is 11.9. The summed E-state index contributed by atoms with van der Waals surface area (Å²) in [6.07, 6.45) is 0. The molecule has 0 aliphatic heterocycles. The van der Waals surface area contributed by atoms with Crippen LogP contribution in [0, 0.1) is 0 Å². The van der Waals surface area contributed by atoms with E-state index in [0.717, 1.165) is 10.2 Å². The number of benzene rings is 1. The van der Waals surface area contributed by atoms with Crippen molar-refractivity contribution in [1.29, 1.82) is 0 Å². The molecule has 1 rings (SSSR count). The van der Waals surface area contributed by atoms with E-state index in [9.17, 15) is 4.79 Å². The van der Waals surface area contributed by atoms with Gasteiger partial charge in [0.05, 0.1) is 5.69 Å². The highest BCUT2D eigenvalue weighted by Crippen LogP contribution is 2.24. The van der Waals surface area contributed by atoms with Crippen LogP contribution in [-0.4, -0.2) is 11.0 Å². The van der Waals surface area contributed by atoms with Gasteiger partial charge in [-0.3, -0.25) is 4.79 Å². The Labute approximate surface area is 101 Å². The van der Waals surface area contributed by atoms with Gasteiger partial charge in [0.15, 0.2) is 5.11 Å². The minimum atomic E-state index is -0.209. The molecule has 0 unspecified atom stereocenters. The van der Waals surface area contributed by atoms with Crippen LogP contribution in [0.4, 0.5) is 11.4 Å². The SMILES string of the molecule is CC(=O)NC(=S)Nc1ccc(N)cc1Br. The van der Waals surface area contributed by atoms with Crippen LogP contribution in [0.2, 0.25) is 0 Å². The van der Waals surface area contributed by atoms with Gasteiger partial charge in [0.1, 0.15) is 0 Å². The minimum absolute atomic E-state index is 0.209. The number of hydrogen-bond acceptors (Lipinski definition) is 3. The highest BCUT2D eigenvalue weighted by molar-refractivity contribution is 9.10. The number of anilines is 2. The molecule has 4 nitrogen and oxygen atoms in total. The number of carbonyl (C=O) groups is 1. The fourth-order valence-electron chi connectivity index (χ4n) is 0.946. The predicted octanol–water partition coefficient (Wildman–Crippen LogP) is 1.86. The molecule has 0 fully saturated rings. The average molecular weight is 288 g/mol. The van der Waals surface area contributed by atoms with Crippen LogP contribution in [0.1, 0.15) is 6.92 Å². The molecule has 0 aliphatic carbocycles. The van der Waals surface area contributed by atoms with Crippen molar-refractivity contribution < 1.29 is 4.79 Å². The third-order valence-electron chi connectivity index (χ3n) is 1.53. The van der Waals surface area contributed by atoms with Crippen LogP contribution in [0.3, 0.4) is 0 Å². The lowest BCUT2D eigenvalue weighted by Gasteiger charge is -2.09. The molecule has 0 spiro atoms. The molecule has 0 bridgehead atoms. The van der Waals surface area contributed by atoms with Crippen LogP contribution in [0.5, 0.6) is 0 Å². The molecule has 1 aromatic rings. The van der Waals surface area contributed by atoms with Gasteiger partial charge in [0.2, 0.25) is 5.91 Å². The number of nitrogens with one attached hydrogen (secondary N) is 2. The van der Waals surface area contributed by atoms with Crippen LogP contribution in [-0.2, 0) is 4.79 Å². The maximum Gasteiger partial charge on any atom is 0.222 e. The Bertz CT molecular complexity index is 408. The molecule has 0 saturated heterocycles. The van der Waals surface area contributed by atoms with Gasteiger partial charge in [0, 0.05) is 17.1 Å². The fourth-order valence-corrected chi connectivity index (χ4v) is 1.70. The number of carbonyl (C=O) groups excluding carboxylic acids is 1. The summed E-state index contributed by atoms with van der Waals surface area (Å²) in [5, 5.41) is 5.59. The molecule has 0 atom stereocenters. The zero-order chi connectivity index (χ0) is 11.4. The molecule has 15 heavy (non-hydrogen) atoms. The smallest absolute Gasteiger partial charge is 0.222 e. The standard InChI is InChI=1S/C9H10BrN3OS/c1-5(14)12-9(15)13-8-3-2-6(11)4-7(8)10/h2-4H,11H2,1H3,(H2,12,13,14,15). The number of halogens is 1. The number of hydrogen-bond donors (Lipinski definition) is 3. The van der Waals surface area contributed by atoms with Gasteiger partial charge < -0.3 is 16.4 Å². The molecule has 0 aliphatic rings. The lowest BCUT2D eigenvalue weighted by molar-refractivity contribution is -0.117. The normalized spacial score (nSPS) is 9.47. The summed E-state index contributed by atoms with van der Waals surface area (Å²) in [6, 6.07) is 5.26. The van der Waals surface area contributed by atoms with E-state index in [1.165, 1.54) is 6.92 Å². The molecule has 0 saturated carbocycles. The molecule has 0 radical (unpaired) electrons. The van der Waals surface area contributed by atoms with Gasteiger partial charge in [-0.2, -0.15) is 0 Å². The Morgan fingerprint density at radius 2 is 2.20 bits per heavy atom. The number of nitrogens with two attached hydrogens (primary N) is 1. The summed E-state index contributed by atoms with van der Waals surface area (Å²) in [6.45, 7) is 1.39. The van der Waals surface area contributed by atoms with E-state index in [1.807, 2.05) is 0 Å². The van der Waals surface area contributed by atoms with Gasteiger partial charge >= 0.3 is 0 Å². The first-order valence-corrected chi connectivity index (χ1v) is 5.33. The van der Waals surface area contributed by atoms with Crippen LogP contribution in [0.15, 0.2) is 22.7 Å². The maximum absolute atomic E-state index is 10.7. The van der Waals surface area contributed by atoms with Gasteiger partial charge in [-0.05, 0) is 46.3 Å². The Kier molecular flexibility index (Phi) is 4.05. The summed E-state index contributed by atoms with van der Waals surface area (Å²) >= 11 is 8.24. The van der Waals surface area contributed by atoms with E-state index < -0.39 is 0 Å². The highest BCUT2D eigenvalue weighted by atomic mass is 79.9. The van der Waals surface area contributed by atoms with Crippen molar-refractivity contribution in [2.75, 3.05) is 11.1 Å². The maximum atomic E-state index is 10.7. The monoisotopic (exact) mass is 287 g/mol. The van der Waals surface area contributed by atoms with E-state index in [1.54, 1.807) is 18.2 Å². The second-order valence-corrected chi connectivity index (χ2v) is 4.14. The molecule has 80 valence electrons. The molecule has 0 aromatic heterocycles. The quantitative estimate of drug-likeness (QED) is 0.545. The number of rotatable bonds is 1. The van der Waals surface area contributed by atoms with E-state index in [-0.39, 0.29) is 11.0 Å². The topological polar surface area (TPSA) is 67.2 Å². The fraction of sp³-hybridized carbons (Fsp3) is 0.111. The first-order valence-electron chi connectivity index (χ1n) is 4.12. The molecule has 1 aromatic carbocycles. The van der Waals surface area contributed by atoms with Gasteiger partial charge in [-0.25, -0.2) is 0 Å². The molecule has 6 heteroatoms.